The molecule has 0 aliphatic heterocycles. The fourth-order valence-electron chi connectivity index (χ4n) is 2.02. The minimum atomic E-state index is -0.347. The van der Waals surface area contributed by atoms with Crippen LogP contribution in [0.15, 0.2) is 36.4 Å². The van der Waals surface area contributed by atoms with E-state index in [0.717, 1.165) is 6.29 Å². The Morgan fingerprint density at radius 2 is 1.95 bits per heavy atom. The van der Waals surface area contributed by atoms with E-state index in [-0.39, 0.29) is 5.82 Å². The molecule has 0 aliphatic rings. The molecule has 0 fully saturated rings. The Kier molecular flexibility index (Phi) is 3.95. The van der Waals surface area contributed by atoms with E-state index >= 15 is 0 Å². The molecule has 0 atom stereocenters. The highest BCUT2D eigenvalue weighted by Crippen LogP contribution is 2.35. The second-order valence-corrected chi connectivity index (χ2v) is 4.21. The second-order valence-electron chi connectivity index (χ2n) is 4.21. The molecule has 0 N–H and O–H groups in total. The SMILES string of the molecule is CCOc1ccc(C)c(F)c1-c1ccccc1C=O. The minimum Gasteiger partial charge on any atom is -0.493 e. The van der Waals surface area contributed by atoms with E-state index in [0.29, 0.717) is 34.6 Å². The first-order valence-corrected chi connectivity index (χ1v) is 6.15. The van der Waals surface area contributed by atoms with Crippen molar-refractivity contribution in [2.45, 2.75) is 13.8 Å². The first-order valence-electron chi connectivity index (χ1n) is 6.15. The van der Waals surface area contributed by atoms with Crippen molar-refractivity contribution in [3.8, 4) is 16.9 Å². The number of carbonyl (C=O) groups is 1. The summed E-state index contributed by atoms with van der Waals surface area (Å²) in [6.07, 6.45) is 0.729. The molecular formula is C16H15FO2. The third-order valence-corrected chi connectivity index (χ3v) is 2.95. The lowest BCUT2D eigenvalue weighted by Gasteiger charge is -2.14. The quantitative estimate of drug-likeness (QED) is 0.774. The third kappa shape index (κ3) is 2.50. The Morgan fingerprint density at radius 1 is 1.21 bits per heavy atom. The van der Waals surface area contributed by atoms with Gasteiger partial charge in [0.05, 0.1) is 12.2 Å². The molecule has 0 unspecified atom stereocenters. The average molecular weight is 258 g/mol. The highest BCUT2D eigenvalue weighted by Gasteiger charge is 2.16. The smallest absolute Gasteiger partial charge is 0.150 e. The molecule has 98 valence electrons. The van der Waals surface area contributed by atoms with Gasteiger partial charge in [0.1, 0.15) is 11.6 Å². The van der Waals surface area contributed by atoms with Crippen LogP contribution >= 0.6 is 0 Å². The number of carbonyl (C=O) groups excluding carboxylic acids is 1. The summed E-state index contributed by atoms with van der Waals surface area (Å²) in [5, 5.41) is 0. The fourth-order valence-corrected chi connectivity index (χ4v) is 2.02. The molecule has 0 aromatic heterocycles. The van der Waals surface area contributed by atoms with Gasteiger partial charge in [-0.3, -0.25) is 4.79 Å². The van der Waals surface area contributed by atoms with Crippen LogP contribution in [0, 0.1) is 12.7 Å². The van der Waals surface area contributed by atoms with Gasteiger partial charge in [0.25, 0.3) is 0 Å². The summed E-state index contributed by atoms with van der Waals surface area (Å²) >= 11 is 0. The maximum atomic E-state index is 14.4. The Labute approximate surface area is 111 Å². The van der Waals surface area contributed by atoms with Gasteiger partial charge in [-0.1, -0.05) is 30.3 Å². The molecule has 0 radical (unpaired) electrons. The van der Waals surface area contributed by atoms with Gasteiger partial charge in [-0.05, 0) is 31.0 Å². The van der Waals surface area contributed by atoms with E-state index in [1.807, 2.05) is 6.92 Å². The number of rotatable bonds is 4. The van der Waals surface area contributed by atoms with Gasteiger partial charge in [0.2, 0.25) is 0 Å². The van der Waals surface area contributed by atoms with Crippen LogP contribution in [0.25, 0.3) is 11.1 Å². The zero-order valence-electron chi connectivity index (χ0n) is 10.9. The summed E-state index contributed by atoms with van der Waals surface area (Å²) in [4.78, 5) is 11.1. The summed E-state index contributed by atoms with van der Waals surface area (Å²) < 4.78 is 19.9. The van der Waals surface area contributed by atoms with Gasteiger partial charge >= 0.3 is 0 Å². The van der Waals surface area contributed by atoms with Crippen LogP contribution in [0.4, 0.5) is 4.39 Å². The van der Waals surface area contributed by atoms with Crippen molar-refractivity contribution in [1.29, 1.82) is 0 Å². The zero-order chi connectivity index (χ0) is 13.8. The molecule has 2 aromatic rings. The summed E-state index contributed by atoms with van der Waals surface area (Å²) in [5.74, 6) is 0.111. The lowest BCUT2D eigenvalue weighted by molar-refractivity contribution is 0.112. The topological polar surface area (TPSA) is 26.3 Å². The van der Waals surface area contributed by atoms with E-state index in [1.165, 1.54) is 0 Å². The lowest BCUT2D eigenvalue weighted by atomic mass is 9.97. The predicted octanol–water partition coefficient (Wildman–Crippen LogP) is 4.01. The van der Waals surface area contributed by atoms with Crippen molar-refractivity contribution < 1.29 is 13.9 Å². The number of aryl methyl sites for hydroxylation is 1. The number of hydrogen-bond donors (Lipinski definition) is 0. The zero-order valence-corrected chi connectivity index (χ0v) is 10.9. The maximum Gasteiger partial charge on any atom is 0.150 e. The number of hydrogen-bond acceptors (Lipinski definition) is 2. The first kappa shape index (κ1) is 13.3. The summed E-state index contributed by atoms with van der Waals surface area (Å²) in [6.45, 7) is 3.98. The van der Waals surface area contributed by atoms with Gasteiger partial charge in [-0.25, -0.2) is 4.39 Å². The van der Waals surface area contributed by atoms with Crippen molar-refractivity contribution >= 4 is 6.29 Å². The van der Waals surface area contributed by atoms with Gasteiger partial charge in [-0.2, -0.15) is 0 Å². The van der Waals surface area contributed by atoms with Crippen molar-refractivity contribution in [2.24, 2.45) is 0 Å². The molecule has 2 aromatic carbocycles. The molecule has 0 bridgehead atoms. The number of benzene rings is 2. The Balaban J connectivity index is 2.72. The Morgan fingerprint density at radius 3 is 2.63 bits per heavy atom. The first-order chi connectivity index (χ1) is 9.19. The van der Waals surface area contributed by atoms with Crippen molar-refractivity contribution in [2.75, 3.05) is 6.61 Å². The molecule has 0 saturated heterocycles. The van der Waals surface area contributed by atoms with Crippen LogP contribution in [-0.2, 0) is 0 Å². The molecule has 0 spiro atoms. The van der Waals surface area contributed by atoms with Crippen molar-refractivity contribution in [3.05, 3.63) is 53.3 Å². The molecule has 19 heavy (non-hydrogen) atoms. The molecule has 0 amide bonds. The van der Waals surface area contributed by atoms with Crippen molar-refractivity contribution in [3.63, 3.8) is 0 Å². The van der Waals surface area contributed by atoms with Crippen LogP contribution < -0.4 is 4.74 Å². The minimum absolute atomic E-state index is 0.347. The standard InChI is InChI=1S/C16H15FO2/c1-3-19-14-9-8-11(2)16(17)15(14)13-7-5-4-6-12(13)10-18/h4-10H,3H2,1-2H3. The Bertz CT molecular complexity index is 606. The molecule has 0 saturated carbocycles. The van der Waals surface area contributed by atoms with Crippen molar-refractivity contribution in [1.82, 2.24) is 0 Å². The van der Waals surface area contributed by atoms with E-state index < -0.39 is 0 Å². The largest absolute Gasteiger partial charge is 0.493 e. The van der Waals surface area contributed by atoms with Gasteiger partial charge in [0, 0.05) is 5.56 Å². The highest BCUT2D eigenvalue weighted by molar-refractivity contribution is 5.89. The van der Waals surface area contributed by atoms with Crippen LogP contribution in [0.3, 0.4) is 0 Å². The monoisotopic (exact) mass is 258 g/mol. The summed E-state index contributed by atoms with van der Waals surface area (Å²) in [6, 6.07) is 10.3. The molecule has 2 rings (SSSR count). The van der Waals surface area contributed by atoms with Gasteiger partial charge in [-0.15, -0.1) is 0 Å². The maximum absolute atomic E-state index is 14.4. The molecule has 2 nitrogen and oxygen atoms in total. The van der Waals surface area contributed by atoms with Gasteiger partial charge < -0.3 is 4.74 Å². The molecule has 0 aliphatic carbocycles. The van der Waals surface area contributed by atoms with Crippen LogP contribution in [0.2, 0.25) is 0 Å². The van der Waals surface area contributed by atoms with E-state index in [4.69, 9.17) is 4.74 Å². The predicted molar refractivity (Wildman–Crippen MR) is 73.1 cm³/mol. The summed E-state index contributed by atoms with van der Waals surface area (Å²) in [5.41, 5.74) is 1.89. The average Bonchev–Trinajstić information content (AvgIpc) is 2.44. The Hall–Kier alpha value is -2.16. The fraction of sp³-hybridized carbons (Fsp3) is 0.188. The molecule has 0 heterocycles. The van der Waals surface area contributed by atoms with Crippen LogP contribution in [-0.4, -0.2) is 12.9 Å². The molecular weight excluding hydrogens is 243 g/mol. The lowest BCUT2D eigenvalue weighted by Crippen LogP contribution is -1.99. The molecule has 3 heteroatoms. The third-order valence-electron chi connectivity index (χ3n) is 2.95. The number of halogens is 1. The summed E-state index contributed by atoms with van der Waals surface area (Å²) in [7, 11) is 0. The van der Waals surface area contributed by atoms with Crippen LogP contribution in [0.5, 0.6) is 5.75 Å². The van der Waals surface area contributed by atoms with E-state index in [1.54, 1.807) is 43.3 Å². The van der Waals surface area contributed by atoms with E-state index in [9.17, 15) is 9.18 Å². The van der Waals surface area contributed by atoms with Crippen LogP contribution in [0.1, 0.15) is 22.8 Å². The van der Waals surface area contributed by atoms with E-state index in [2.05, 4.69) is 0 Å². The number of ether oxygens (including phenoxy) is 1. The highest BCUT2D eigenvalue weighted by atomic mass is 19.1. The number of aldehydes is 1. The normalized spacial score (nSPS) is 10.3. The van der Waals surface area contributed by atoms with Gasteiger partial charge in [0.15, 0.2) is 6.29 Å². The second kappa shape index (κ2) is 5.65.